The lowest BCUT2D eigenvalue weighted by Crippen LogP contribution is -2.57. The van der Waals surface area contributed by atoms with Crippen LogP contribution < -0.4 is 9.80 Å². The third-order valence-electron chi connectivity index (χ3n) is 9.06. The maximum atomic E-state index is 14.7. The molecule has 3 heterocycles. The van der Waals surface area contributed by atoms with Crippen molar-refractivity contribution in [1.29, 1.82) is 0 Å². The highest BCUT2D eigenvalue weighted by Gasteiger charge is 2.75. The molecule has 0 saturated carbocycles. The molecule has 8 nitrogen and oxygen atoms in total. The molecule has 43 heavy (non-hydrogen) atoms. The zero-order chi connectivity index (χ0) is 30.7. The van der Waals surface area contributed by atoms with Crippen LogP contribution in [-0.2, 0) is 19.1 Å². The SMILES string of the molecule is C=CCN(C(=O)[C@@H]1[C@@H]2CCC3(O2)C(C(=O)N(CC=C)c2c(C)cccc2Cl)N(CCCCCO)C(=O)[C@H]13)c1ccccc1. The van der Waals surface area contributed by atoms with E-state index in [0.717, 1.165) is 11.3 Å². The van der Waals surface area contributed by atoms with Gasteiger partial charge in [-0.1, -0.05) is 54.1 Å². The van der Waals surface area contributed by atoms with Gasteiger partial charge in [0.05, 0.1) is 28.6 Å². The third kappa shape index (κ3) is 5.41. The molecule has 1 N–H and O–H groups in total. The van der Waals surface area contributed by atoms with Gasteiger partial charge in [-0.15, -0.1) is 13.2 Å². The first-order valence-corrected chi connectivity index (χ1v) is 15.4. The van der Waals surface area contributed by atoms with E-state index in [0.29, 0.717) is 49.4 Å². The number of anilines is 2. The second-order valence-electron chi connectivity index (χ2n) is 11.6. The molecule has 3 aliphatic heterocycles. The number of aliphatic hydroxyl groups is 1. The molecule has 2 aromatic carbocycles. The summed E-state index contributed by atoms with van der Waals surface area (Å²) in [6.07, 6.45) is 5.83. The fraction of sp³-hybridized carbons (Fsp3) is 0.441. The van der Waals surface area contributed by atoms with Crippen LogP contribution in [-0.4, -0.2) is 71.7 Å². The Morgan fingerprint density at radius 2 is 1.77 bits per heavy atom. The molecule has 3 saturated heterocycles. The number of amides is 3. The van der Waals surface area contributed by atoms with Crippen molar-refractivity contribution in [1.82, 2.24) is 4.90 Å². The minimum absolute atomic E-state index is 0.0573. The number of unbranched alkanes of at least 4 members (excludes halogenated alkanes) is 2. The first kappa shape index (κ1) is 31.0. The number of nitrogens with zero attached hydrogens (tertiary/aromatic N) is 3. The average molecular weight is 606 g/mol. The molecule has 0 aliphatic carbocycles. The molecule has 228 valence electrons. The van der Waals surface area contributed by atoms with Crippen LogP contribution in [0.25, 0.3) is 0 Å². The normalized spacial score (nSPS) is 25.5. The molecule has 2 bridgehead atoms. The molecular weight excluding hydrogens is 566 g/mol. The minimum Gasteiger partial charge on any atom is -0.396 e. The summed E-state index contributed by atoms with van der Waals surface area (Å²) in [6, 6.07) is 13.9. The van der Waals surface area contributed by atoms with Crippen molar-refractivity contribution >= 4 is 40.7 Å². The van der Waals surface area contributed by atoms with Crippen LogP contribution in [0.1, 0.15) is 37.7 Å². The number of aliphatic hydroxyl groups excluding tert-OH is 1. The number of halogens is 1. The Morgan fingerprint density at radius 3 is 2.44 bits per heavy atom. The van der Waals surface area contributed by atoms with E-state index < -0.39 is 29.6 Å². The summed E-state index contributed by atoms with van der Waals surface area (Å²) in [7, 11) is 0. The van der Waals surface area contributed by atoms with Gasteiger partial charge < -0.3 is 24.5 Å². The third-order valence-corrected chi connectivity index (χ3v) is 9.36. The van der Waals surface area contributed by atoms with Crippen LogP contribution >= 0.6 is 11.6 Å². The maximum Gasteiger partial charge on any atom is 0.253 e. The Bertz CT molecular complexity index is 1360. The smallest absolute Gasteiger partial charge is 0.253 e. The number of likely N-dealkylation sites (tertiary alicyclic amines) is 1. The summed E-state index contributed by atoms with van der Waals surface area (Å²) < 4.78 is 6.69. The molecular formula is C34H40ClN3O5. The van der Waals surface area contributed by atoms with E-state index in [4.69, 9.17) is 16.3 Å². The van der Waals surface area contributed by atoms with Crippen LogP contribution in [0.4, 0.5) is 11.4 Å². The van der Waals surface area contributed by atoms with Crippen LogP contribution in [0.15, 0.2) is 73.8 Å². The lowest BCUT2D eigenvalue weighted by molar-refractivity contribution is -0.140. The predicted molar refractivity (Wildman–Crippen MR) is 168 cm³/mol. The first-order chi connectivity index (χ1) is 20.8. The molecule has 2 aromatic rings. The van der Waals surface area contributed by atoms with Gasteiger partial charge in [-0.2, -0.15) is 0 Å². The Hall–Kier alpha value is -3.46. The predicted octanol–water partition coefficient (Wildman–Crippen LogP) is 4.92. The number of carbonyl (C=O) groups excluding carboxylic acids is 3. The van der Waals surface area contributed by atoms with Crippen molar-refractivity contribution < 1.29 is 24.2 Å². The number of ether oxygens (including phenoxy) is 1. The molecule has 3 amide bonds. The number of hydrogen-bond donors (Lipinski definition) is 1. The number of fused-ring (bicyclic) bond motifs is 1. The fourth-order valence-corrected chi connectivity index (χ4v) is 7.62. The van der Waals surface area contributed by atoms with E-state index >= 15 is 0 Å². The van der Waals surface area contributed by atoms with E-state index in [1.165, 1.54) is 0 Å². The number of aryl methyl sites for hydroxylation is 1. The summed E-state index contributed by atoms with van der Waals surface area (Å²) in [5.41, 5.74) is 0.974. The molecule has 2 unspecified atom stereocenters. The summed E-state index contributed by atoms with van der Waals surface area (Å²) >= 11 is 6.65. The van der Waals surface area contributed by atoms with E-state index in [1.54, 1.807) is 32.9 Å². The summed E-state index contributed by atoms with van der Waals surface area (Å²) in [5.74, 6) is -2.25. The number of para-hydroxylation sites is 2. The monoisotopic (exact) mass is 605 g/mol. The summed E-state index contributed by atoms with van der Waals surface area (Å²) in [5, 5.41) is 9.76. The zero-order valence-electron chi connectivity index (χ0n) is 24.7. The summed E-state index contributed by atoms with van der Waals surface area (Å²) in [6.45, 7) is 10.5. The maximum absolute atomic E-state index is 14.7. The Kier molecular flexibility index (Phi) is 9.39. The van der Waals surface area contributed by atoms with Gasteiger partial charge in [0.15, 0.2) is 0 Å². The Balaban J connectivity index is 1.56. The Morgan fingerprint density at radius 1 is 1.05 bits per heavy atom. The highest BCUT2D eigenvalue weighted by atomic mass is 35.5. The van der Waals surface area contributed by atoms with Crippen LogP contribution in [0.3, 0.4) is 0 Å². The van der Waals surface area contributed by atoms with Crippen molar-refractivity contribution in [3.8, 4) is 0 Å². The van der Waals surface area contributed by atoms with Crippen LogP contribution in [0.5, 0.6) is 0 Å². The minimum atomic E-state index is -1.14. The molecule has 0 aromatic heterocycles. The molecule has 3 fully saturated rings. The van der Waals surface area contributed by atoms with Crippen molar-refractivity contribution in [2.75, 3.05) is 36.0 Å². The van der Waals surface area contributed by atoms with Gasteiger partial charge >= 0.3 is 0 Å². The van der Waals surface area contributed by atoms with Gasteiger partial charge in [0.25, 0.3) is 5.91 Å². The van der Waals surface area contributed by atoms with Crippen molar-refractivity contribution in [3.05, 3.63) is 84.4 Å². The highest BCUT2D eigenvalue weighted by molar-refractivity contribution is 6.34. The van der Waals surface area contributed by atoms with Crippen molar-refractivity contribution in [3.63, 3.8) is 0 Å². The molecule has 3 aliphatic rings. The molecule has 1 spiro atoms. The van der Waals surface area contributed by atoms with E-state index in [9.17, 15) is 19.5 Å². The first-order valence-electron chi connectivity index (χ1n) is 15.0. The molecule has 5 atom stereocenters. The van der Waals surface area contributed by atoms with E-state index in [1.807, 2.05) is 49.4 Å². The van der Waals surface area contributed by atoms with Crippen LogP contribution in [0.2, 0.25) is 5.02 Å². The second kappa shape index (κ2) is 13.0. The second-order valence-corrected chi connectivity index (χ2v) is 12.0. The van der Waals surface area contributed by atoms with E-state index in [-0.39, 0.29) is 37.4 Å². The van der Waals surface area contributed by atoms with Gasteiger partial charge in [0, 0.05) is 31.9 Å². The fourth-order valence-electron chi connectivity index (χ4n) is 7.30. The zero-order valence-corrected chi connectivity index (χ0v) is 25.4. The molecule has 9 heteroatoms. The number of benzene rings is 2. The lowest BCUT2D eigenvalue weighted by Gasteiger charge is -2.37. The average Bonchev–Trinajstić information content (AvgIpc) is 3.64. The lowest BCUT2D eigenvalue weighted by atomic mass is 9.70. The summed E-state index contributed by atoms with van der Waals surface area (Å²) in [4.78, 5) is 48.4. The van der Waals surface area contributed by atoms with Crippen molar-refractivity contribution in [2.24, 2.45) is 11.8 Å². The highest BCUT2D eigenvalue weighted by Crippen LogP contribution is 2.59. The van der Waals surface area contributed by atoms with Gasteiger partial charge in [-0.25, -0.2) is 0 Å². The topological polar surface area (TPSA) is 90.4 Å². The quantitative estimate of drug-likeness (QED) is 0.258. The van der Waals surface area contributed by atoms with Gasteiger partial charge in [-0.3, -0.25) is 14.4 Å². The Labute approximate surface area is 258 Å². The van der Waals surface area contributed by atoms with E-state index in [2.05, 4.69) is 13.2 Å². The number of rotatable bonds is 13. The van der Waals surface area contributed by atoms with Gasteiger partial charge in [-0.05, 0) is 62.8 Å². The molecule has 5 rings (SSSR count). The molecule has 0 radical (unpaired) electrons. The number of carbonyl (C=O) groups is 3. The van der Waals surface area contributed by atoms with Crippen LogP contribution in [0, 0.1) is 18.8 Å². The largest absolute Gasteiger partial charge is 0.396 e. The van der Waals surface area contributed by atoms with Gasteiger partial charge in [0.1, 0.15) is 11.6 Å². The number of hydrogen-bond acceptors (Lipinski definition) is 5. The standard InChI is InChI=1S/C34H40ClN3O5/c1-4-19-36(24-14-8-6-9-15-24)31(40)27-26-17-18-34(43-26)28(27)32(41)38(21-10-7-11-22-39)30(34)33(42)37(20-5-2)29-23(3)13-12-16-25(29)35/h4-6,8-9,12-16,26-28,30,39H,1-2,7,10-11,17-22H2,3H3/t26-,27+,28-,30?,34?/m0/s1. The van der Waals surface area contributed by atoms with Gasteiger partial charge in [0.2, 0.25) is 11.8 Å². The van der Waals surface area contributed by atoms with Crippen molar-refractivity contribution in [2.45, 2.75) is 56.8 Å².